The van der Waals surface area contributed by atoms with Crippen molar-refractivity contribution in [2.75, 3.05) is 19.1 Å². The zero-order valence-electron chi connectivity index (χ0n) is 13.1. The molecule has 2 nitrogen and oxygen atoms in total. The highest BCUT2D eigenvalue weighted by Crippen LogP contribution is 2.31. The first-order chi connectivity index (χ1) is 10.6. The van der Waals surface area contributed by atoms with Crippen molar-refractivity contribution in [2.45, 2.75) is 39.5 Å². The molecule has 124 valence electrons. The zero-order chi connectivity index (χ0) is 16.4. The van der Waals surface area contributed by atoms with Crippen molar-refractivity contribution in [1.29, 1.82) is 0 Å². The van der Waals surface area contributed by atoms with Gasteiger partial charge in [0.25, 0.3) is 0 Å². The average Bonchev–Trinajstić information content (AvgIpc) is 2.51. The molecular formula is C17H23Cl3O2. The third kappa shape index (κ3) is 6.68. The van der Waals surface area contributed by atoms with E-state index in [1.165, 1.54) is 0 Å². The van der Waals surface area contributed by atoms with Crippen molar-refractivity contribution in [3.63, 3.8) is 0 Å². The predicted octanol–water partition coefficient (Wildman–Crippen LogP) is 5.91. The van der Waals surface area contributed by atoms with E-state index < -0.39 is 0 Å². The fourth-order valence-corrected chi connectivity index (χ4v) is 2.40. The molecule has 0 unspecified atom stereocenters. The summed E-state index contributed by atoms with van der Waals surface area (Å²) >= 11 is 16.9. The van der Waals surface area contributed by atoms with Gasteiger partial charge in [-0.05, 0) is 55.0 Å². The summed E-state index contributed by atoms with van der Waals surface area (Å²) < 4.78 is 11.9. The first-order valence-electron chi connectivity index (χ1n) is 7.60. The van der Waals surface area contributed by atoms with Gasteiger partial charge in [0.1, 0.15) is 22.6 Å². The number of aryl methyl sites for hydroxylation is 2. The van der Waals surface area contributed by atoms with Crippen LogP contribution in [0.5, 0.6) is 11.5 Å². The lowest BCUT2D eigenvalue weighted by Gasteiger charge is -2.17. The molecule has 22 heavy (non-hydrogen) atoms. The second-order valence-electron chi connectivity index (χ2n) is 4.83. The van der Waals surface area contributed by atoms with Crippen molar-refractivity contribution in [3.05, 3.63) is 33.8 Å². The summed E-state index contributed by atoms with van der Waals surface area (Å²) in [6, 6.07) is 4.04. The molecule has 1 rings (SSSR count). The fourth-order valence-electron chi connectivity index (χ4n) is 2.09. The molecule has 1 aromatic rings. The molecule has 5 heteroatoms. The van der Waals surface area contributed by atoms with Gasteiger partial charge in [-0.15, -0.1) is 11.6 Å². The summed E-state index contributed by atoms with van der Waals surface area (Å²) in [4.78, 5) is 0. The van der Waals surface area contributed by atoms with Crippen LogP contribution in [0, 0.1) is 0 Å². The van der Waals surface area contributed by atoms with Crippen LogP contribution in [-0.4, -0.2) is 19.1 Å². The molecule has 0 aliphatic heterocycles. The Morgan fingerprint density at radius 3 is 2.18 bits per heavy atom. The van der Waals surface area contributed by atoms with Crippen LogP contribution >= 0.6 is 34.8 Å². The molecule has 0 aromatic heterocycles. The normalized spacial score (nSPS) is 10.4. The lowest BCUT2D eigenvalue weighted by atomic mass is 10.0. The quantitative estimate of drug-likeness (QED) is 0.379. The van der Waals surface area contributed by atoms with Gasteiger partial charge >= 0.3 is 0 Å². The van der Waals surface area contributed by atoms with Gasteiger partial charge < -0.3 is 9.47 Å². The van der Waals surface area contributed by atoms with Crippen LogP contribution in [0.25, 0.3) is 0 Å². The molecule has 0 bridgehead atoms. The lowest BCUT2D eigenvalue weighted by Crippen LogP contribution is -2.05. The second-order valence-corrected chi connectivity index (χ2v) is 6.21. The van der Waals surface area contributed by atoms with Gasteiger partial charge in [0, 0.05) is 5.88 Å². The number of halogens is 3. The predicted molar refractivity (Wildman–Crippen MR) is 95.9 cm³/mol. The van der Waals surface area contributed by atoms with Gasteiger partial charge in [-0.2, -0.15) is 0 Å². The minimum absolute atomic E-state index is 0.214. The minimum atomic E-state index is 0.214. The topological polar surface area (TPSA) is 18.5 Å². The maximum atomic E-state index is 5.98. The Morgan fingerprint density at radius 2 is 1.68 bits per heavy atom. The van der Waals surface area contributed by atoms with Gasteiger partial charge in [-0.3, -0.25) is 0 Å². The Morgan fingerprint density at radius 1 is 1.05 bits per heavy atom. The van der Waals surface area contributed by atoms with E-state index in [1.54, 1.807) is 6.08 Å². The first-order valence-corrected chi connectivity index (χ1v) is 8.89. The first kappa shape index (κ1) is 19.5. The van der Waals surface area contributed by atoms with E-state index in [0.717, 1.165) is 48.3 Å². The minimum Gasteiger partial charge on any atom is -0.493 e. The molecular weight excluding hydrogens is 343 g/mol. The van der Waals surface area contributed by atoms with Crippen LogP contribution in [0.4, 0.5) is 0 Å². The van der Waals surface area contributed by atoms with Gasteiger partial charge in [0.15, 0.2) is 0 Å². The van der Waals surface area contributed by atoms with Crippen molar-refractivity contribution < 1.29 is 9.47 Å². The number of hydrogen-bond donors (Lipinski definition) is 0. The number of hydrogen-bond acceptors (Lipinski definition) is 2. The van der Waals surface area contributed by atoms with Gasteiger partial charge in [-0.25, -0.2) is 0 Å². The summed E-state index contributed by atoms with van der Waals surface area (Å²) in [6.07, 6.45) is 5.34. The third-order valence-electron chi connectivity index (χ3n) is 3.24. The number of ether oxygens (including phenoxy) is 2. The molecule has 0 heterocycles. The van der Waals surface area contributed by atoms with Gasteiger partial charge in [0.05, 0.1) is 6.61 Å². The van der Waals surface area contributed by atoms with Crippen LogP contribution in [0.1, 0.15) is 37.8 Å². The third-order valence-corrected chi connectivity index (χ3v) is 3.82. The number of alkyl halides is 1. The smallest absolute Gasteiger partial charge is 0.125 e. The maximum Gasteiger partial charge on any atom is 0.125 e. The molecule has 0 amide bonds. The van der Waals surface area contributed by atoms with Gasteiger partial charge in [0.2, 0.25) is 0 Å². The van der Waals surface area contributed by atoms with Crippen LogP contribution in [0.2, 0.25) is 0 Å². The Bertz CT molecular complexity index is 458. The highest BCUT2D eigenvalue weighted by molar-refractivity contribution is 6.55. The number of rotatable bonds is 10. The summed E-state index contributed by atoms with van der Waals surface area (Å²) in [5.41, 5.74) is 2.31. The Kier molecular flexibility index (Phi) is 9.77. The van der Waals surface area contributed by atoms with E-state index in [9.17, 15) is 0 Å². The van der Waals surface area contributed by atoms with Crippen LogP contribution < -0.4 is 9.47 Å². The standard InChI is InChI=1S/C17H23Cl3O2/c1-3-13-11-15(21-10-7-16(19)20)12-14(4-2)17(13)22-9-6-5-8-18/h7,11-12H,3-6,8-10H2,1-2H3. The SMILES string of the molecule is CCc1cc(OCC=C(Cl)Cl)cc(CC)c1OCCCCCl. The number of benzene rings is 1. The summed E-state index contributed by atoms with van der Waals surface area (Å²) in [5, 5.41) is 0. The maximum absolute atomic E-state index is 5.98. The number of unbranched alkanes of at least 4 members (excludes halogenated alkanes) is 1. The molecule has 0 fully saturated rings. The lowest BCUT2D eigenvalue weighted by molar-refractivity contribution is 0.302. The fraction of sp³-hybridized carbons (Fsp3) is 0.529. The molecule has 0 aliphatic carbocycles. The zero-order valence-corrected chi connectivity index (χ0v) is 15.4. The highest BCUT2D eigenvalue weighted by Gasteiger charge is 2.11. The van der Waals surface area contributed by atoms with Crippen molar-refractivity contribution >= 4 is 34.8 Å². The van der Waals surface area contributed by atoms with Crippen LogP contribution in [0.15, 0.2) is 22.7 Å². The molecule has 0 spiro atoms. The molecule has 0 saturated carbocycles. The Balaban J connectivity index is 2.85. The average molecular weight is 366 g/mol. The van der Waals surface area contributed by atoms with E-state index >= 15 is 0 Å². The van der Waals surface area contributed by atoms with Gasteiger partial charge in [-0.1, -0.05) is 37.0 Å². The van der Waals surface area contributed by atoms with Crippen molar-refractivity contribution in [1.82, 2.24) is 0 Å². The largest absolute Gasteiger partial charge is 0.493 e. The molecule has 1 aromatic carbocycles. The van der Waals surface area contributed by atoms with E-state index in [-0.39, 0.29) is 4.49 Å². The van der Waals surface area contributed by atoms with E-state index in [1.807, 2.05) is 12.1 Å². The van der Waals surface area contributed by atoms with E-state index in [0.29, 0.717) is 19.1 Å². The molecule has 0 aliphatic rings. The van der Waals surface area contributed by atoms with Crippen molar-refractivity contribution in [3.8, 4) is 11.5 Å². The molecule has 0 N–H and O–H groups in total. The summed E-state index contributed by atoms with van der Waals surface area (Å²) in [7, 11) is 0. The molecule has 0 radical (unpaired) electrons. The Labute approximate surface area is 148 Å². The molecule has 0 saturated heterocycles. The monoisotopic (exact) mass is 364 g/mol. The second kappa shape index (κ2) is 11.0. The Hall–Kier alpha value is -0.570. The molecule has 0 atom stereocenters. The summed E-state index contributed by atoms with van der Waals surface area (Å²) in [5.74, 6) is 2.47. The van der Waals surface area contributed by atoms with Crippen molar-refractivity contribution in [2.24, 2.45) is 0 Å². The van der Waals surface area contributed by atoms with E-state index in [4.69, 9.17) is 44.3 Å². The summed E-state index contributed by atoms with van der Waals surface area (Å²) in [6.45, 7) is 5.27. The van der Waals surface area contributed by atoms with Crippen LogP contribution in [0.3, 0.4) is 0 Å². The van der Waals surface area contributed by atoms with E-state index in [2.05, 4.69) is 13.8 Å². The highest BCUT2D eigenvalue weighted by atomic mass is 35.5. The van der Waals surface area contributed by atoms with Crippen LogP contribution in [-0.2, 0) is 12.8 Å².